The van der Waals surface area contributed by atoms with Gasteiger partial charge in [-0.15, -0.1) is 0 Å². The minimum Gasteiger partial charge on any atom is -0.485 e. The highest BCUT2D eigenvalue weighted by Gasteiger charge is 2.71. The number of fused-ring (bicyclic) bond motifs is 3. The van der Waals surface area contributed by atoms with Gasteiger partial charge in [0.25, 0.3) is 5.60 Å². The van der Waals surface area contributed by atoms with Gasteiger partial charge in [0, 0.05) is 60.8 Å². The van der Waals surface area contributed by atoms with E-state index in [1.807, 2.05) is 6.07 Å². The van der Waals surface area contributed by atoms with Crippen molar-refractivity contribution in [2.75, 3.05) is 0 Å². The van der Waals surface area contributed by atoms with Gasteiger partial charge < -0.3 is 9.84 Å². The number of alkyl halides is 6. The molecule has 0 amide bonds. The average molecular weight is 567 g/mol. The third-order valence-corrected chi connectivity index (χ3v) is 8.53. The van der Waals surface area contributed by atoms with Crippen molar-refractivity contribution in [2.45, 2.75) is 74.3 Å². The highest BCUT2D eigenvalue weighted by atomic mass is 19.4. The lowest BCUT2D eigenvalue weighted by Gasteiger charge is -2.44. The fourth-order valence-electron chi connectivity index (χ4n) is 6.61. The first kappa shape index (κ1) is 27.0. The number of halogens is 7. The standard InChI is InChI=1S/C29H25F7N2O2/c30-24-11-20(27(39,28(31,32)33)29(34,35)36)5-8-23(24)18-3-1-17(2-4-18)16-38-21-6-7-22(38)14-26(13-21)12-19-9-10-37-15-25(19)40-26/h1-5,8-11,15,21-22,39H,6-7,12-14,16H2. The number of hydrogen-bond acceptors (Lipinski definition) is 4. The first-order valence-corrected chi connectivity index (χ1v) is 12.9. The van der Waals surface area contributed by atoms with Crippen LogP contribution in [-0.4, -0.2) is 45.0 Å². The van der Waals surface area contributed by atoms with Gasteiger partial charge in [0.15, 0.2) is 0 Å². The van der Waals surface area contributed by atoms with Gasteiger partial charge in [-0.2, -0.15) is 26.3 Å². The average Bonchev–Trinajstić information content (AvgIpc) is 3.35. The maximum absolute atomic E-state index is 14.8. The van der Waals surface area contributed by atoms with E-state index in [1.165, 1.54) is 5.56 Å². The Hall–Kier alpha value is -3.18. The van der Waals surface area contributed by atoms with Crippen LogP contribution in [0.25, 0.3) is 11.1 Å². The number of pyridine rings is 1. The van der Waals surface area contributed by atoms with Gasteiger partial charge in [0.05, 0.1) is 6.20 Å². The molecular weight excluding hydrogens is 541 g/mol. The molecule has 2 bridgehead atoms. The van der Waals surface area contributed by atoms with Crippen LogP contribution < -0.4 is 4.74 Å². The predicted molar refractivity (Wildman–Crippen MR) is 131 cm³/mol. The van der Waals surface area contributed by atoms with E-state index in [9.17, 15) is 35.8 Å². The van der Waals surface area contributed by atoms with Crippen molar-refractivity contribution in [3.63, 3.8) is 0 Å². The van der Waals surface area contributed by atoms with Crippen molar-refractivity contribution in [3.05, 3.63) is 83.4 Å². The van der Waals surface area contributed by atoms with Crippen LogP contribution in [0.1, 0.15) is 42.4 Å². The number of aliphatic hydroxyl groups is 1. The van der Waals surface area contributed by atoms with Crippen molar-refractivity contribution < 1.29 is 40.6 Å². The zero-order valence-electron chi connectivity index (χ0n) is 21.1. The Morgan fingerprint density at radius 2 is 1.57 bits per heavy atom. The van der Waals surface area contributed by atoms with Crippen LogP contribution in [0.15, 0.2) is 60.9 Å². The molecule has 2 saturated heterocycles. The van der Waals surface area contributed by atoms with E-state index >= 15 is 0 Å². The molecule has 0 aliphatic carbocycles. The Kier molecular flexibility index (Phi) is 6.19. The summed E-state index contributed by atoms with van der Waals surface area (Å²) in [6.07, 6.45) is -3.84. The molecule has 1 aromatic heterocycles. The Labute approximate surface area is 225 Å². The fraction of sp³-hybridized carbons (Fsp3) is 0.414. The highest BCUT2D eigenvalue weighted by molar-refractivity contribution is 5.65. The van der Waals surface area contributed by atoms with Gasteiger partial charge in [-0.05, 0) is 36.1 Å². The lowest BCUT2D eigenvalue weighted by atomic mass is 9.82. The van der Waals surface area contributed by atoms with Gasteiger partial charge in [-0.1, -0.05) is 36.4 Å². The Balaban J connectivity index is 1.17. The largest absolute Gasteiger partial charge is 0.485 e. The van der Waals surface area contributed by atoms with E-state index in [4.69, 9.17) is 4.74 Å². The number of benzene rings is 2. The zero-order valence-corrected chi connectivity index (χ0v) is 21.1. The number of ether oxygens (including phenoxy) is 1. The minimum absolute atomic E-state index is 0.0882. The Morgan fingerprint density at radius 1 is 0.925 bits per heavy atom. The molecule has 2 unspecified atom stereocenters. The van der Waals surface area contributed by atoms with Crippen molar-refractivity contribution in [2.24, 2.45) is 0 Å². The summed E-state index contributed by atoms with van der Waals surface area (Å²) in [7, 11) is 0. The smallest absolute Gasteiger partial charge is 0.430 e. The quantitative estimate of drug-likeness (QED) is 0.357. The highest BCUT2D eigenvalue weighted by Crippen LogP contribution is 2.51. The lowest BCUT2D eigenvalue weighted by molar-refractivity contribution is -0.376. The second-order valence-corrected chi connectivity index (χ2v) is 11.0. The number of rotatable bonds is 4. The summed E-state index contributed by atoms with van der Waals surface area (Å²) in [5.74, 6) is -0.447. The summed E-state index contributed by atoms with van der Waals surface area (Å²) in [4.78, 5) is 6.62. The molecular formula is C29H25F7N2O2. The molecule has 2 fully saturated rings. The van der Waals surface area contributed by atoms with Gasteiger partial charge in [0.2, 0.25) is 0 Å². The van der Waals surface area contributed by atoms with E-state index < -0.39 is 29.3 Å². The van der Waals surface area contributed by atoms with Gasteiger partial charge >= 0.3 is 12.4 Å². The van der Waals surface area contributed by atoms with Crippen LogP contribution in [0, 0.1) is 5.82 Å². The fourth-order valence-corrected chi connectivity index (χ4v) is 6.61. The summed E-state index contributed by atoms with van der Waals surface area (Å²) < 4.78 is 100. The van der Waals surface area contributed by atoms with Crippen LogP contribution in [0.5, 0.6) is 5.75 Å². The van der Waals surface area contributed by atoms with Gasteiger partial charge in [-0.3, -0.25) is 9.88 Å². The third-order valence-electron chi connectivity index (χ3n) is 8.53. The van der Waals surface area contributed by atoms with E-state index in [0.717, 1.165) is 49.5 Å². The SMILES string of the molecule is OC(c1ccc(-c2ccc(CN3C4CCC3CC3(Cc5ccncc5O3)C4)cc2)c(F)c1)(C(F)(F)F)C(F)(F)F. The molecule has 0 radical (unpaired) electrons. The van der Waals surface area contributed by atoms with E-state index in [-0.39, 0.29) is 17.2 Å². The number of nitrogens with zero attached hydrogens (tertiary/aromatic N) is 2. The summed E-state index contributed by atoms with van der Waals surface area (Å²) in [6.45, 7) is 0.659. The summed E-state index contributed by atoms with van der Waals surface area (Å²) >= 11 is 0. The lowest BCUT2D eigenvalue weighted by Crippen LogP contribution is -2.53. The van der Waals surface area contributed by atoms with Crippen molar-refractivity contribution in [1.29, 1.82) is 0 Å². The monoisotopic (exact) mass is 566 g/mol. The predicted octanol–water partition coefficient (Wildman–Crippen LogP) is 6.70. The second kappa shape index (κ2) is 9.17. The van der Waals surface area contributed by atoms with Crippen molar-refractivity contribution >= 4 is 0 Å². The number of aromatic nitrogens is 1. The van der Waals surface area contributed by atoms with E-state index in [0.29, 0.717) is 30.3 Å². The Morgan fingerprint density at radius 3 is 2.15 bits per heavy atom. The topological polar surface area (TPSA) is 45.6 Å². The van der Waals surface area contributed by atoms with Crippen LogP contribution in [0.2, 0.25) is 0 Å². The zero-order chi connectivity index (χ0) is 28.5. The first-order chi connectivity index (χ1) is 18.8. The van der Waals surface area contributed by atoms with Gasteiger partial charge in [-0.25, -0.2) is 4.39 Å². The molecule has 3 aromatic rings. The molecule has 0 saturated carbocycles. The number of hydrogen-bond donors (Lipinski definition) is 1. The van der Waals surface area contributed by atoms with Crippen LogP contribution >= 0.6 is 0 Å². The van der Waals surface area contributed by atoms with Crippen LogP contribution in [0.4, 0.5) is 30.7 Å². The molecule has 2 atom stereocenters. The molecule has 1 spiro atoms. The molecule has 6 rings (SSSR count). The number of piperidine rings is 1. The van der Waals surface area contributed by atoms with Crippen molar-refractivity contribution in [1.82, 2.24) is 9.88 Å². The first-order valence-electron chi connectivity index (χ1n) is 12.9. The molecule has 3 aliphatic heterocycles. The van der Waals surface area contributed by atoms with Crippen molar-refractivity contribution in [3.8, 4) is 16.9 Å². The molecule has 3 aliphatic rings. The van der Waals surface area contributed by atoms with Crippen LogP contribution in [-0.2, 0) is 18.6 Å². The minimum atomic E-state index is -6.08. The molecule has 4 nitrogen and oxygen atoms in total. The molecule has 40 heavy (non-hydrogen) atoms. The van der Waals surface area contributed by atoms with Gasteiger partial charge in [0.1, 0.15) is 17.2 Å². The Bertz CT molecular complexity index is 1370. The molecule has 212 valence electrons. The normalized spacial score (nSPS) is 24.8. The molecule has 2 aromatic carbocycles. The third kappa shape index (κ3) is 4.34. The van der Waals surface area contributed by atoms with E-state index in [1.54, 1.807) is 36.7 Å². The second-order valence-electron chi connectivity index (χ2n) is 11.0. The summed E-state index contributed by atoms with van der Waals surface area (Å²) in [5.41, 5.74) is -4.77. The molecule has 1 N–H and O–H groups in total. The van der Waals surface area contributed by atoms with E-state index in [2.05, 4.69) is 9.88 Å². The maximum atomic E-state index is 14.8. The summed E-state index contributed by atoms with van der Waals surface area (Å²) in [5, 5.41) is 9.56. The molecule has 4 heterocycles. The summed E-state index contributed by atoms with van der Waals surface area (Å²) in [6, 6.07) is 10.8. The maximum Gasteiger partial charge on any atom is 0.430 e. The molecule has 11 heteroatoms. The van der Waals surface area contributed by atoms with Crippen LogP contribution in [0.3, 0.4) is 0 Å².